The van der Waals surface area contributed by atoms with Crippen LogP contribution < -0.4 is 4.74 Å². The first-order chi connectivity index (χ1) is 10.7. The predicted octanol–water partition coefficient (Wildman–Crippen LogP) is -0.585. The summed E-state index contributed by atoms with van der Waals surface area (Å²) in [7, 11) is 0.918. The molecule has 0 radical (unpaired) electrons. The van der Waals surface area contributed by atoms with Gasteiger partial charge in [-0.1, -0.05) is 0 Å². The minimum absolute atomic E-state index is 0.108. The fourth-order valence-corrected chi connectivity index (χ4v) is 3.61. The molecule has 1 aromatic heterocycles. The molecular weight excluding hydrogens is 322 g/mol. The molecule has 0 aliphatic carbocycles. The van der Waals surface area contributed by atoms with E-state index < -0.39 is 22.0 Å². The maximum absolute atomic E-state index is 12.5. The van der Waals surface area contributed by atoms with Crippen LogP contribution in [0.4, 0.5) is 0 Å². The number of carbonyl (C=O) groups excluding carboxylic acids is 1. The third-order valence-corrected chi connectivity index (χ3v) is 5.83. The van der Waals surface area contributed by atoms with Crippen molar-refractivity contribution >= 4 is 15.9 Å². The molecule has 9 heteroatoms. The normalized spacial score (nSPS) is 21.7. The second kappa shape index (κ2) is 6.81. The Hall–Kier alpha value is -1.71. The van der Waals surface area contributed by atoms with E-state index in [4.69, 9.17) is 4.74 Å². The Bertz CT molecular complexity index is 677. The molecule has 8 nitrogen and oxygen atoms in total. The van der Waals surface area contributed by atoms with E-state index in [1.54, 1.807) is 6.07 Å². The lowest BCUT2D eigenvalue weighted by atomic mass is 10.1. The molecular formula is C14H21N3O5S. The summed E-state index contributed by atoms with van der Waals surface area (Å²) in [4.78, 5) is 17.9. The minimum atomic E-state index is -3.43. The highest BCUT2D eigenvalue weighted by atomic mass is 32.2. The number of pyridine rings is 1. The Balaban J connectivity index is 2.10. The summed E-state index contributed by atoms with van der Waals surface area (Å²) < 4.78 is 30.0. The molecule has 0 bridgehead atoms. The zero-order valence-electron chi connectivity index (χ0n) is 13.3. The van der Waals surface area contributed by atoms with Gasteiger partial charge in [0.1, 0.15) is 0 Å². The Morgan fingerprint density at radius 2 is 2.17 bits per heavy atom. The second-order valence-electron chi connectivity index (χ2n) is 5.69. The summed E-state index contributed by atoms with van der Waals surface area (Å²) in [5.74, 6) is -0.656. The minimum Gasteiger partial charge on any atom is -0.481 e. The average molecular weight is 343 g/mol. The van der Waals surface area contributed by atoms with E-state index >= 15 is 0 Å². The first-order valence-electron chi connectivity index (χ1n) is 7.12. The van der Waals surface area contributed by atoms with E-state index in [-0.39, 0.29) is 24.7 Å². The van der Waals surface area contributed by atoms with Crippen molar-refractivity contribution in [3.63, 3.8) is 0 Å². The van der Waals surface area contributed by atoms with Gasteiger partial charge < -0.3 is 14.7 Å². The number of rotatable bonds is 5. The number of nitrogens with zero attached hydrogens (tertiary/aromatic N) is 3. The number of amides is 1. The maximum Gasteiger partial charge on any atom is 0.254 e. The van der Waals surface area contributed by atoms with Crippen LogP contribution in [0.3, 0.4) is 0 Å². The predicted molar refractivity (Wildman–Crippen MR) is 83.7 cm³/mol. The fraction of sp³-hybridized carbons (Fsp3) is 0.571. The first kappa shape index (κ1) is 17.6. The van der Waals surface area contributed by atoms with Crippen molar-refractivity contribution in [2.45, 2.75) is 6.10 Å². The van der Waals surface area contributed by atoms with Crippen LogP contribution in [0.5, 0.6) is 5.88 Å². The van der Waals surface area contributed by atoms with Gasteiger partial charge in [-0.15, -0.1) is 0 Å². The molecule has 0 saturated carbocycles. The van der Waals surface area contributed by atoms with Crippen molar-refractivity contribution in [3.05, 3.63) is 23.9 Å². The van der Waals surface area contributed by atoms with Crippen LogP contribution in [0.1, 0.15) is 10.4 Å². The lowest BCUT2D eigenvalue weighted by Gasteiger charge is -2.18. The van der Waals surface area contributed by atoms with Gasteiger partial charge in [0.25, 0.3) is 5.91 Å². The summed E-state index contributed by atoms with van der Waals surface area (Å²) in [5.41, 5.74) is 0.389. The van der Waals surface area contributed by atoms with Crippen molar-refractivity contribution < 1.29 is 23.1 Å². The van der Waals surface area contributed by atoms with Gasteiger partial charge in [0, 0.05) is 50.9 Å². The molecule has 1 aliphatic heterocycles. The first-order valence-corrected chi connectivity index (χ1v) is 8.73. The number of hydrogen-bond acceptors (Lipinski definition) is 6. The van der Waals surface area contributed by atoms with Crippen LogP contribution in [0.25, 0.3) is 0 Å². The maximum atomic E-state index is 12.5. The molecule has 1 fully saturated rings. The molecule has 0 spiro atoms. The summed E-state index contributed by atoms with van der Waals surface area (Å²) in [6.45, 7) is 0.300. The molecule has 2 atom stereocenters. The summed E-state index contributed by atoms with van der Waals surface area (Å²) in [6.07, 6.45) is 0.601. The number of sulfonamides is 1. The van der Waals surface area contributed by atoms with Crippen LogP contribution in [0.2, 0.25) is 0 Å². The molecule has 2 heterocycles. The number of carbonyl (C=O) groups is 1. The van der Waals surface area contributed by atoms with Crippen LogP contribution >= 0.6 is 0 Å². The zero-order chi connectivity index (χ0) is 17.2. The molecule has 0 unspecified atom stereocenters. The molecule has 1 aromatic rings. The van der Waals surface area contributed by atoms with Gasteiger partial charge in [-0.3, -0.25) is 4.79 Å². The zero-order valence-corrected chi connectivity index (χ0v) is 14.2. The Kier molecular flexibility index (Phi) is 5.23. The quantitative estimate of drug-likeness (QED) is 0.767. The third kappa shape index (κ3) is 3.98. The third-order valence-electron chi connectivity index (χ3n) is 3.87. The molecule has 0 aromatic carbocycles. The van der Waals surface area contributed by atoms with Gasteiger partial charge in [-0.25, -0.2) is 17.7 Å². The Morgan fingerprint density at radius 3 is 2.78 bits per heavy atom. The lowest BCUT2D eigenvalue weighted by molar-refractivity contribution is 0.0764. The van der Waals surface area contributed by atoms with Crippen molar-refractivity contribution in [1.82, 2.24) is 14.2 Å². The van der Waals surface area contributed by atoms with Crippen molar-refractivity contribution in [3.8, 4) is 5.88 Å². The molecule has 23 heavy (non-hydrogen) atoms. The highest BCUT2D eigenvalue weighted by Gasteiger charge is 2.37. The summed E-state index contributed by atoms with van der Waals surface area (Å²) in [5, 5.41) is 10.1. The van der Waals surface area contributed by atoms with Crippen LogP contribution in [-0.2, 0) is 10.0 Å². The Morgan fingerprint density at radius 1 is 1.48 bits per heavy atom. The number of likely N-dealkylation sites (tertiary alicyclic amines) is 1. The topological polar surface area (TPSA) is 100 Å². The molecule has 2 rings (SSSR count). The number of methoxy groups -OCH3 is 1. The standard InChI is InChI=1S/C14H21N3O5S/c1-16(2)23(20,21)9-11-7-17(8-12(11)18)14(19)10-4-5-15-13(6-10)22-3/h4-6,11-12,18H,7-9H2,1-3H3/t11-,12+/m0/s1. The van der Waals surface area contributed by atoms with Gasteiger partial charge in [0.15, 0.2) is 0 Å². The highest BCUT2D eigenvalue weighted by Crippen LogP contribution is 2.22. The van der Waals surface area contributed by atoms with Crippen LogP contribution in [0, 0.1) is 5.92 Å². The van der Waals surface area contributed by atoms with Gasteiger partial charge in [0.2, 0.25) is 15.9 Å². The fourth-order valence-electron chi connectivity index (χ4n) is 2.44. The van der Waals surface area contributed by atoms with Crippen molar-refractivity contribution in [1.29, 1.82) is 0 Å². The molecule has 1 saturated heterocycles. The van der Waals surface area contributed by atoms with Gasteiger partial charge in [-0.05, 0) is 6.07 Å². The number of ether oxygens (including phenoxy) is 1. The van der Waals surface area contributed by atoms with E-state index in [0.717, 1.165) is 4.31 Å². The van der Waals surface area contributed by atoms with Crippen LogP contribution in [0.15, 0.2) is 18.3 Å². The van der Waals surface area contributed by atoms with E-state index in [9.17, 15) is 18.3 Å². The van der Waals surface area contributed by atoms with E-state index in [1.165, 1.54) is 38.4 Å². The summed E-state index contributed by atoms with van der Waals surface area (Å²) >= 11 is 0. The molecule has 1 aliphatic rings. The average Bonchev–Trinajstić information content (AvgIpc) is 2.86. The lowest BCUT2D eigenvalue weighted by Crippen LogP contribution is -2.33. The van der Waals surface area contributed by atoms with Gasteiger partial charge in [0.05, 0.1) is 19.0 Å². The van der Waals surface area contributed by atoms with Gasteiger partial charge >= 0.3 is 0 Å². The molecule has 1 amide bonds. The molecule has 128 valence electrons. The monoisotopic (exact) mass is 343 g/mol. The second-order valence-corrected chi connectivity index (χ2v) is 7.91. The Labute approximate surface area is 135 Å². The number of hydrogen-bond donors (Lipinski definition) is 1. The highest BCUT2D eigenvalue weighted by molar-refractivity contribution is 7.89. The SMILES string of the molecule is COc1cc(C(=O)N2C[C@@H](CS(=O)(=O)N(C)C)[C@H](O)C2)ccn1. The largest absolute Gasteiger partial charge is 0.481 e. The van der Waals surface area contributed by atoms with E-state index in [0.29, 0.717) is 11.4 Å². The number of aliphatic hydroxyl groups is 1. The van der Waals surface area contributed by atoms with Crippen molar-refractivity contribution in [2.24, 2.45) is 5.92 Å². The van der Waals surface area contributed by atoms with E-state index in [1.807, 2.05) is 0 Å². The van der Waals surface area contributed by atoms with Crippen LogP contribution in [-0.4, -0.2) is 79.8 Å². The number of β-amino-alcohol motifs (C(OH)–C–C–N with tert-alkyl or cyclic N) is 1. The summed E-state index contributed by atoms with van der Waals surface area (Å²) in [6, 6.07) is 3.07. The molecule has 1 N–H and O–H groups in total. The smallest absolute Gasteiger partial charge is 0.254 e. The number of aliphatic hydroxyl groups excluding tert-OH is 1. The van der Waals surface area contributed by atoms with Crippen molar-refractivity contribution in [2.75, 3.05) is 40.0 Å². The van der Waals surface area contributed by atoms with E-state index in [2.05, 4.69) is 4.98 Å². The van der Waals surface area contributed by atoms with Gasteiger partial charge in [-0.2, -0.15) is 0 Å². The number of aromatic nitrogens is 1.